The molecule has 21 heavy (non-hydrogen) atoms. The third-order valence-corrected chi connectivity index (χ3v) is 5.29. The molecule has 1 fully saturated rings. The monoisotopic (exact) mass is 309 g/mol. The molecule has 1 N–H and O–H groups in total. The molecule has 0 saturated heterocycles. The van der Waals surface area contributed by atoms with E-state index in [1.807, 2.05) is 11.3 Å². The van der Waals surface area contributed by atoms with Crippen LogP contribution in [-0.4, -0.2) is 23.6 Å². The second-order valence-electron chi connectivity index (χ2n) is 7.43. The zero-order chi connectivity index (χ0) is 15.6. The quantitative estimate of drug-likeness (QED) is 0.802. The molecule has 0 aliphatic heterocycles. The van der Waals surface area contributed by atoms with Crippen LogP contribution in [-0.2, 0) is 6.54 Å². The summed E-state index contributed by atoms with van der Waals surface area (Å²) in [5.74, 6) is 0.724. The number of aromatic nitrogens is 1. The van der Waals surface area contributed by atoms with Crippen molar-refractivity contribution in [2.75, 3.05) is 11.9 Å². The summed E-state index contributed by atoms with van der Waals surface area (Å²) in [6, 6.07) is 0.566. The Hall–Kier alpha value is -0.610. The van der Waals surface area contributed by atoms with Gasteiger partial charge in [0.1, 0.15) is 0 Å². The summed E-state index contributed by atoms with van der Waals surface area (Å²) in [5, 5.41) is 4.82. The van der Waals surface area contributed by atoms with E-state index in [1.54, 1.807) is 0 Å². The van der Waals surface area contributed by atoms with Gasteiger partial charge in [-0.05, 0) is 47.0 Å². The van der Waals surface area contributed by atoms with Gasteiger partial charge in [0.2, 0.25) is 0 Å². The molecule has 3 nitrogen and oxygen atoms in total. The first-order valence-electron chi connectivity index (χ1n) is 8.29. The van der Waals surface area contributed by atoms with E-state index in [-0.39, 0.29) is 5.54 Å². The summed E-state index contributed by atoms with van der Waals surface area (Å²) < 4.78 is 0. The molecule has 0 spiro atoms. The van der Waals surface area contributed by atoms with E-state index in [0.29, 0.717) is 6.04 Å². The molecule has 4 heteroatoms. The average molecular weight is 310 g/mol. The summed E-state index contributed by atoms with van der Waals surface area (Å²) in [6.45, 7) is 12.2. The Balaban J connectivity index is 2.13. The number of rotatable bonds is 7. The number of anilines is 1. The van der Waals surface area contributed by atoms with Gasteiger partial charge in [-0.3, -0.25) is 0 Å². The lowest BCUT2D eigenvalue weighted by molar-refractivity contribution is 0.425. The molecule has 0 aromatic carbocycles. The van der Waals surface area contributed by atoms with Gasteiger partial charge < -0.3 is 10.2 Å². The highest BCUT2D eigenvalue weighted by Crippen LogP contribution is 2.44. The predicted molar refractivity (Wildman–Crippen MR) is 93.5 cm³/mol. The topological polar surface area (TPSA) is 28.2 Å². The number of nitrogens with one attached hydrogen (secondary N) is 1. The Morgan fingerprint density at radius 2 is 2.05 bits per heavy atom. The van der Waals surface area contributed by atoms with Crippen molar-refractivity contribution >= 4 is 16.5 Å². The van der Waals surface area contributed by atoms with Gasteiger partial charge in [-0.25, -0.2) is 4.98 Å². The fraction of sp³-hybridized carbons (Fsp3) is 0.824. The minimum Gasteiger partial charge on any atom is -0.348 e. The van der Waals surface area contributed by atoms with E-state index >= 15 is 0 Å². The first kappa shape index (κ1) is 16.8. The molecule has 0 radical (unpaired) electrons. The number of thiazole rings is 1. The highest BCUT2D eigenvalue weighted by atomic mass is 32.1. The van der Waals surface area contributed by atoms with E-state index in [9.17, 15) is 0 Å². The van der Waals surface area contributed by atoms with E-state index in [0.717, 1.165) is 12.5 Å². The van der Waals surface area contributed by atoms with Crippen LogP contribution in [0.25, 0.3) is 0 Å². The van der Waals surface area contributed by atoms with Crippen LogP contribution >= 0.6 is 11.3 Å². The third-order valence-electron chi connectivity index (χ3n) is 4.13. The number of nitrogens with zero attached hydrogens (tertiary/aromatic N) is 2. The number of hydrogen-bond donors (Lipinski definition) is 1. The van der Waals surface area contributed by atoms with Crippen LogP contribution in [0.3, 0.4) is 0 Å². The minimum absolute atomic E-state index is 0.159. The lowest BCUT2D eigenvalue weighted by atomic mass is 10.1. The average Bonchev–Trinajstić information content (AvgIpc) is 3.15. The first-order valence-corrected chi connectivity index (χ1v) is 9.11. The van der Waals surface area contributed by atoms with Crippen molar-refractivity contribution in [3.05, 3.63) is 10.6 Å². The molecule has 0 bridgehead atoms. The molecule has 1 aliphatic carbocycles. The van der Waals surface area contributed by atoms with Crippen LogP contribution in [0.2, 0.25) is 0 Å². The lowest BCUT2D eigenvalue weighted by Crippen LogP contribution is -2.35. The zero-order valence-electron chi connectivity index (χ0n) is 14.5. The first-order chi connectivity index (χ1) is 9.81. The second-order valence-corrected chi connectivity index (χ2v) is 8.49. The van der Waals surface area contributed by atoms with Crippen molar-refractivity contribution in [2.45, 2.75) is 84.3 Å². The van der Waals surface area contributed by atoms with Crippen LogP contribution in [0.15, 0.2) is 0 Å². The van der Waals surface area contributed by atoms with Gasteiger partial charge in [-0.1, -0.05) is 13.3 Å². The second kappa shape index (κ2) is 6.66. The number of hydrogen-bond acceptors (Lipinski definition) is 4. The Bertz CT molecular complexity index is 457. The normalized spacial score (nSPS) is 17.0. The molecule has 1 aromatic rings. The van der Waals surface area contributed by atoms with E-state index in [4.69, 9.17) is 4.98 Å². The molecular weight excluding hydrogens is 278 g/mol. The van der Waals surface area contributed by atoms with Crippen LogP contribution in [0, 0.1) is 0 Å². The molecule has 1 unspecified atom stereocenters. The maximum atomic E-state index is 4.98. The lowest BCUT2D eigenvalue weighted by Gasteiger charge is -2.23. The minimum atomic E-state index is 0.159. The summed E-state index contributed by atoms with van der Waals surface area (Å²) in [4.78, 5) is 8.78. The fourth-order valence-corrected chi connectivity index (χ4v) is 3.60. The molecule has 1 saturated carbocycles. The van der Waals surface area contributed by atoms with E-state index < -0.39 is 0 Å². The molecule has 1 atom stereocenters. The van der Waals surface area contributed by atoms with Crippen LogP contribution in [0.1, 0.15) is 76.8 Å². The van der Waals surface area contributed by atoms with Gasteiger partial charge in [-0.15, -0.1) is 11.3 Å². The zero-order valence-corrected chi connectivity index (χ0v) is 15.3. The van der Waals surface area contributed by atoms with Crippen molar-refractivity contribution in [3.63, 3.8) is 0 Å². The van der Waals surface area contributed by atoms with Crippen LogP contribution in [0.4, 0.5) is 5.13 Å². The molecular formula is C17H31N3S. The maximum Gasteiger partial charge on any atom is 0.185 e. The largest absolute Gasteiger partial charge is 0.348 e. The highest BCUT2D eigenvalue weighted by molar-refractivity contribution is 7.15. The van der Waals surface area contributed by atoms with Gasteiger partial charge in [-0.2, -0.15) is 0 Å². The van der Waals surface area contributed by atoms with Gasteiger partial charge >= 0.3 is 0 Å². The van der Waals surface area contributed by atoms with Crippen molar-refractivity contribution in [1.29, 1.82) is 0 Å². The van der Waals surface area contributed by atoms with Crippen molar-refractivity contribution in [3.8, 4) is 0 Å². The van der Waals surface area contributed by atoms with Crippen molar-refractivity contribution in [2.24, 2.45) is 0 Å². The summed E-state index contributed by atoms with van der Waals surface area (Å²) in [5.41, 5.74) is 1.52. The molecule has 0 amide bonds. The smallest absolute Gasteiger partial charge is 0.185 e. The summed E-state index contributed by atoms with van der Waals surface area (Å²) in [6.07, 6.45) is 5.09. The summed E-state index contributed by atoms with van der Waals surface area (Å²) in [7, 11) is 2.19. The Morgan fingerprint density at radius 3 is 2.57 bits per heavy atom. The fourth-order valence-electron chi connectivity index (χ4n) is 2.45. The Labute approximate surface area is 134 Å². The van der Waals surface area contributed by atoms with Crippen LogP contribution < -0.4 is 10.2 Å². The highest BCUT2D eigenvalue weighted by Gasteiger charge is 2.30. The molecule has 1 aliphatic rings. The standard InChI is InChI=1S/C17H31N3S/c1-7-8-12(2)20(6)16-19-15(13-9-10-13)14(21-16)11-18-17(3,4)5/h12-13,18H,7-11H2,1-6H3. The Kier molecular flexibility index (Phi) is 5.31. The Morgan fingerprint density at radius 1 is 1.38 bits per heavy atom. The predicted octanol–water partition coefficient (Wildman–Crippen LogP) is 4.53. The SMILES string of the molecule is CCCC(C)N(C)c1nc(C2CC2)c(CNC(C)(C)C)s1. The third kappa shape index (κ3) is 4.68. The van der Waals surface area contributed by atoms with Gasteiger partial charge in [0.15, 0.2) is 5.13 Å². The van der Waals surface area contributed by atoms with Gasteiger partial charge in [0.05, 0.1) is 5.69 Å². The molecule has 1 aromatic heterocycles. The molecule has 2 rings (SSSR count). The van der Waals surface area contributed by atoms with Crippen molar-refractivity contribution < 1.29 is 0 Å². The van der Waals surface area contributed by atoms with Crippen molar-refractivity contribution in [1.82, 2.24) is 10.3 Å². The molecule has 120 valence electrons. The van der Waals surface area contributed by atoms with Crippen LogP contribution in [0.5, 0.6) is 0 Å². The maximum absolute atomic E-state index is 4.98. The van der Waals surface area contributed by atoms with E-state index in [1.165, 1.54) is 41.4 Å². The van der Waals surface area contributed by atoms with Gasteiger partial charge in [0.25, 0.3) is 0 Å². The van der Waals surface area contributed by atoms with E-state index in [2.05, 4.69) is 51.9 Å². The summed E-state index contributed by atoms with van der Waals surface area (Å²) >= 11 is 1.88. The van der Waals surface area contributed by atoms with Gasteiger partial charge in [0, 0.05) is 36.0 Å². The molecule has 1 heterocycles.